The van der Waals surface area contributed by atoms with Gasteiger partial charge in [-0.25, -0.2) is 4.79 Å². The molecule has 1 heterocycles. The lowest BCUT2D eigenvalue weighted by Crippen LogP contribution is -2.04. The summed E-state index contributed by atoms with van der Waals surface area (Å²) >= 11 is 1.47. The maximum atomic E-state index is 11.8. The molecule has 1 aromatic heterocycles. The zero-order chi connectivity index (χ0) is 15.1. The number of ether oxygens (including phenoxy) is 3. The molecule has 2 aromatic rings. The summed E-state index contributed by atoms with van der Waals surface area (Å²) < 4.78 is 16.1. The zero-order valence-corrected chi connectivity index (χ0v) is 12.9. The molecule has 0 radical (unpaired) electrons. The number of rotatable bonds is 7. The summed E-state index contributed by atoms with van der Waals surface area (Å²) in [6, 6.07) is 7.28. The second-order valence-electron chi connectivity index (χ2n) is 4.42. The van der Waals surface area contributed by atoms with Crippen LogP contribution in [0.3, 0.4) is 0 Å². The van der Waals surface area contributed by atoms with Gasteiger partial charge in [0.2, 0.25) is 0 Å². The molecule has 0 aliphatic heterocycles. The Kier molecular flexibility index (Phi) is 5.63. The van der Waals surface area contributed by atoms with Crippen LogP contribution < -0.4 is 9.47 Å². The average molecular weight is 306 g/mol. The molecule has 1 aromatic carbocycles. The van der Waals surface area contributed by atoms with Crippen LogP contribution in [0.1, 0.15) is 29.3 Å². The SMILES string of the molecule is CCCOc1ccc(COC(=O)c2ccsc2)cc1OC. The summed E-state index contributed by atoms with van der Waals surface area (Å²) in [6.07, 6.45) is 0.934. The first-order chi connectivity index (χ1) is 10.2. The van der Waals surface area contributed by atoms with Gasteiger partial charge in [0.15, 0.2) is 11.5 Å². The highest BCUT2D eigenvalue weighted by molar-refractivity contribution is 7.08. The molecular weight excluding hydrogens is 288 g/mol. The fourth-order valence-corrected chi connectivity index (χ4v) is 2.37. The lowest BCUT2D eigenvalue weighted by molar-refractivity contribution is 0.0473. The molecule has 4 nitrogen and oxygen atoms in total. The third kappa shape index (κ3) is 4.23. The molecule has 0 aliphatic carbocycles. The van der Waals surface area contributed by atoms with E-state index in [1.54, 1.807) is 18.6 Å². The Labute approximate surface area is 128 Å². The van der Waals surface area contributed by atoms with E-state index in [-0.39, 0.29) is 12.6 Å². The Bertz CT molecular complexity index is 578. The molecule has 112 valence electrons. The standard InChI is InChI=1S/C16H18O4S/c1-3-7-19-14-5-4-12(9-15(14)18-2)10-20-16(17)13-6-8-21-11-13/h4-6,8-9,11H,3,7,10H2,1-2H3. The zero-order valence-electron chi connectivity index (χ0n) is 12.1. The van der Waals surface area contributed by atoms with Gasteiger partial charge in [0.25, 0.3) is 0 Å². The van der Waals surface area contributed by atoms with Crippen molar-refractivity contribution in [1.82, 2.24) is 0 Å². The van der Waals surface area contributed by atoms with Crippen LogP contribution in [0.2, 0.25) is 0 Å². The van der Waals surface area contributed by atoms with Crippen molar-refractivity contribution >= 4 is 17.3 Å². The van der Waals surface area contributed by atoms with E-state index >= 15 is 0 Å². The van der Waals surface area contributed by atoms with Crippen molar-refractivity contribution < 1.29 is 19.0 Å². The average Bonchev–Trinajstić information content (AvgIpc) is 3.05. The molecule has 0 atom stereocenters. The van der Waals surface area contributed by atoms with Gasteiger partial charge in [-0.05, 0) is 35.6 Å². The fourth-order valence-electron chi connectivity index (χ4n) is 1.75. The lowest BCUT2D eigenvalue weighted by atomic mass is 10.2. The minimum atomic E-state index is -0.318. The Hall–Kier alpha value is -2.01. The first kappa shape index (κ1) is 15.4. The van der Waals surface area contributed by atoms with Gasteiger partial charge >= 0.3 is 5.97 Å². The van der Waals surface area contributed by atoms with Crippen LogP contribution in [0.4, 0.5) is 0 Å². The van der Waals surface area contributed by atoms with Gasteiger partial charge in [0, 0.05) is 5.38 Å². The number of thiophene rings is 1. The van der Waals surface area contributed by atoms with Crippen LogP contribution >= 0.6 is 11.3 Å². The largest absolute Gasteiger partial charge is 0.493 e. The molecule has 0 bridgehead atoms. The van der Waals surface area contributed by atoms with Crippen LogP contribution in [0.25, 0.3) is 0 Å². The topological polar surface area (TPSA) is 44.8 Å². The molecular formula is C16H18O4S. The number of hydrogen-bond donors (Lipinski definition) is 0. The van der Waals surface area contributed by atoms with Gasteiger partial charge in [0.05, 0.1) is 19.3 Å². The molecule has 21 heavy (non-hydrogen) atoms. The number of benzene rings is 1. The third-order valence-corrected chi connectivity index (χ3v) is 3.50. The number of carbonyl (C=O) groups excluding carboxylic acids is 1. The lowest BCUT2D eigenvalue weighted by Gasteiger charge is -2.11. The minimum Gasteiger partial charge on any atom is -0.493 e. The maximum absolute atomic E-state index is 11.8. The summed E-state index contributed by atoms with van der Waals surface area (Å²) in [5.74, 6) is 1.03. The molecule has 2 rings (SSSR count). The first-order valence-corrected chi connectivity index (χ1v) is 7.68. The van der Waals surface area contributed by atoms with Crippen LogP contribution in [0, 0.1) is 0 Å². The molecule has 5 heteroatoms. The molecule has 0 unspecified atom stereocenters. The summed E-state index contributed by atoms with van der Waals surface area (Å²) in [4.78, 5) is 11.8. The normalized spacial score (nSPS) is 10.2. The van der Waals surface area contributed by atoms with E-state index in [2.05, 4.69) is 0 Å². The van der Waals surface area contributed by atoms with E-state index in [4.69, 9.17) is 14.2 Å². The minimum absolute atomic E-state index is 0.207. The molecule has 0 aliphatic rings. The number of methoxy groups -OCH3 is 1. The molecule has 0 N–H and O–H groups in total. The molecule has 0 amide bonds. The van der Waals surface area contributed by atoms with Crippen LogP contribution in [-0.2, 0) is 11.3 Å². The smallest absolute Gasteiger partial charge is 0.339 e. The van der Waals surface area contributed by atoms with E-state index in [0.29, 0.717) is 23.7 Å². The second kappa shape index (κ2) is 7.69. The summed E-state index contributed by atoms with van der Waals surface area (Å²) in [6.45, 7) is 2.90. The predicted molar refractivity (Wildman–Crippen MR) is 82.2 cm³/mol. The van der Waals surface area contributed by atoms with Crippen molar-refractivity contribution in [1.29, 1.82) is 0 Å². The first-order valence-electron chi connectivity index (χ1n) is 6.73. The molecule has 0 saturated heterocycles. The summed E-state index contributed by atoms with van der Waals surface area (Å²) in [5.41, 5.74) is 1.44. The van der Waals surface area contributed by atoms with Gasteiger partial charge < -0.3 is 14.2 Å². The van der Waals surface area contributed by atoms with Crippen LogP contribution in [0.15, 0.2) is 35.0 Å². The maximum Gasteiger partial charge on any atom is 0.339 e. The van der Waals surface area contributed by atoms with E-state index in [1.807, 2.05) is 30.5 Å². The highest BCUT2D eigenvalue weighted by Crippen LogP contribution is 2.28. The summed E-state index contributed by atoms with van der Waals surface area (Å²) in [5, 5.41) is 3.62. The Morgan fingerprint density at radius 3 is 2.76 bits per heavy atom. The highest BCUT2D eigenvalue weighted by atomic mass is 32.1. The Balaban J connectivity index is 1.99. The van der Waals surface area contributed by atoms with Gasteiger partial charge in [-0.15, -0.1) is 0 Å². The summed E-state index contributed by atoms with van der Waals surface area (Å²) in [7, 11) is 1.59. The van der Waals surface area contributed by atoms with Crippen molar-refractivity contribution in [3.63, 3.8) is 0 Å². The number of hydrogen-bond acceptors (Lipinski definition) is 5. The quantitative estimate of drug-likeness (QED) is 0.728. The second-order valence-corrected chi connectivity index (χ2v) is 5.20. The molecule has 0 saturated carbocycles. The monoisotopic (exact) mass is 306 g/mol. The van der Waals surface area contributed by atoms with Gasteiger partial charge in [-0.2, -0.15) is 11.3 Å². The van der Waals surface area contributed by atoms with Crippen molar-refractivity contribution in [2.75, 3.05) is 13.7 Å². The predicted octanol–water partition coefficient (Wildman–Crippen LogP) is 3.90. The van der Waals surface area contributed by atoms with Crippen molar-refractivity contribution in [3.05, 3.63) is 46.2 Å². The molecule has 0 spiro atoms. The highest BCUT2D eigenvalue weighted by Gasteiger charge is 2.10. The number of esters is 1. The van der Waals surface area contributed by atoms with Gasteiger partial charge in [-0.1, -0.05) is 13.0 Å². The number of carbonyl (C=O) groups is 1. The third-order valence-electron chi connectivity index (χ3n) is 2.82. The van der Waals surface area contributed by atoms with Crippen molar-refractivity contribution in [3.8, 4) is 11.5 Å². The van der Waals surface area contributed by atoms with E-state index in [0.717, 1.165) is 12.0 Å². The van der Waals surface area contributed by atoms with Gasteiger partial charge in [0.1, 0.15) is 6.61 Å². The fraction of sp³-hybridized carbons (Fsp3) is 0.312. The van der Waals surface area contributed by atoms with Crippen LogP contribution in [0.5, 0.6) is 11.5 Å². The van der Waals surface area contributed by atoms with E-state index < -0.39 is 0 Å². The van der Waals surface area contributed by atoms with Gasteiger partial charge in [-0.3, -0.25) is 0 Å². The van der Waals surface area contributed by atoms with Crippen molar-refractivity contribution in [2.45, 2.75) is 20.0 Å². The van der Waals surface area contributed by atoms with E-state index in [9.17, 15) is 4.79 Å². The van der Waals surface area contributed by atoms with Crippen molar-refractivity contribution in [2.24, 2.45) is 0 Å². The molecule has 0 fully saturated rings. The van der Waals surface area contributed by atoms with Crippen LogP contribution in [-0.4, -0.2) is 19.7 Å². The van der Waals surface area contributed by atoms with E-state index in [1.165, 1.54) is 11.3 Å². The Morgan fingerprint density at radius 1 is 1.24 bits per heavy atom. The Morgan fingerprint density at radius 2 is 2.10 bits per heavy atom.